The lowest BCUT2D eigenvalue weighted by atomic mass is 10.0. The van der Waals surface area contributed by atoms with Gasteiger partial charge in [0.05, 0.1) is 18.2 Å². The van der Waals surface area contributed by atoms with Gasteiger partial charge in [0.1, 0.15) is 6.29 Å². The summed E-state index contributed by atoms with van der Waals surface area (Å²) >= 11 is 0. The zero-order chi connectivity index (χ0) is 26.5. The fraction of sp³-hybridized carbons (Fsp3) is 0.423. The van der Waals surface area contributed by atoms with E-state index in [-0.39, 0.29) is 11.8 Å². The molecule has 1 aromatic carbocycles. The SMILES string of the molecule is CC=O.CCN(CC)CCNC(=O)c1c(C)[nH]c(/C=C2\C(=O)Nc3ccc(C)cc32)c1C.CN=O. The highest BCUT2D eigenvalue weighted by molar-refractivity contribution is 6.35. The fourth-order valence-corrected chi connectivity index (χ4v) is 3.80. The number of amides is 2. The Morgan fingerprint density at radius 2 is 1.77 bits per heavy atom. The number of nitrogens with zero attached hydrogens (tertiary/aromatic N) is 2. The Morgan fingerprint density at radius 3 is 2.34 bits per heavy atom. The third kappa shape index (κ3) is 7.99. The maximum Gasteiger partial charge on any atom is 0.256 e. The molecule has 190 valence electrons. The van der Waals surface area contributed by atoms with Gasteiger partial charge in [-0.25, -0.2) is 0 Å². The van der Waals surface area contributed by atoms with Gasteiger partial charge in [-0.2, -0.15) is 4.91 Å². The van der Waals surface area contributed by atoms with Crippen molar-refractivity contribution in [3.05, 3.63) is 56.7 Å². The normalized spacial score (nSPS) is 12.7. The van der Waals surface area contributed by atoms with Gasteiger partial charge in [-0.05, 0) is 64.6 Å². The maximum atomic E-state index is 12.8. The Kier molecular flexibility index (Phi) is 12.3. The van der Waals surface area contributed by atoms with Crippen LogP contribution in [0.15, 0.2) is 23.4 Å². The summed E-state index contributed by atoms with van der Waals surface area (Å²) in [6.07, 6.45) is 2.59. The van der Waals surface area contributed by atoms with E-state index in [1.807, 2.05) is 45.0 Å². The minimum atomic E-state index is -0.123. The number of H-pyrrole nitrogens is 1. The van der Waals surface area contributed by atoms with Crippen LogP contribution in [-0.4, -0.2) is 61.2 Å². The van der Waals surface area contributed by atoms with Crippen molar-refractivity contribution in [2.24, 2.45) is 5.18 Å². The predicted octanol–water partition coefficient (Wildman–Crippen LogP) is 4.09. The first-order chi connectivity index (χ1) is 16.7. The number of nitroso groups, excluding NO2 is 1. The number of hydrogen-bond donors (Lipinski definition) is 3. The van der Waals surface area contributed by atoms with E-state index in [9.17, 15) is 9.59 Å². The van der Waals surface area contributed by atoms with Crippen molar-refractivity contribution in [3.8, 4) is 0 Å². The molecule has 0 fully saturated rings. The van der Waals surface area contributed by atoms with Crippen molar-refractivity contribution in [2.45, 2.75) is 41.5 Å². The van der Waals surface area contributed by atoms with Gasteiger partial charge in [0.15, 0.2) is 0 Å². The first-order valence-electron chi connectivity index (χ1n) is 11.6. The number of likely N-dealkylation sites (N-methyl/N-ethyl adjacent to an activating group) is 1. The van der Waals surface area contributed by atoms with Crippen LogP contribution in [0.3, 0.4) is 0 Å². The summed E-state index contributed by atoms with van der Waals surface area (Å²) in [7, 11) is 1.19. The lowest BCUT2D eigenvalue weighted by Gasteiger charge is -2.18. The van der Waals surface area contributed by atoms with E-state index < -0.39 is 0 Å². The Hall–Kier alpha value is -3.59. The van der Waals surface area contributed by atoms with E-state index in [4.69, 9.17) is 9.70 Å². The molecule has 0 aliphatic carbocycles. The highest BCUT2D eigenvalue weighted by atomic mass is 16.2. The molecule has 9 nitrogen and oxygen atoms in total. The van der Waals surface area contributed by atoms with Gasteiger partial charge in [-0.1, -0.05) is 30.7 Å². The van der Waals surface area contributed by atoms with Crippen LogP contribution >= 0.6 is 0 Å². The Labute approximate surface area is 207 Å². The van der Waals surface area contributed by atoms with Crippen LogP contribution in [0, 0.1) is 25.7 Å². The molecule has 0 radical (unpaired) electrons. The summed E-state index contributed by atoms with van der Waals surface area (Å²) in [5.74, 6) is -0.206. The second-order valence-corrected chi connectivity index (χ2v) is 7.93. The van der Waals surface area contributed by atoms with Gasteiger partial charge in [0.25, 0.3) is 11.8 Å². The number of aryl methyl sites for hydroxylation is 2. The Bertz CT molecular complexity index is 1060. The quantitative estimate of drug-likeness (QED) is 0.311. The van der Waals surface area contributed by atoms with Crippen LogP contribution in [0.25, 0.3) is 11.6 Å². The lowest BCUT2D eigenvalue weighted by Crippen LogP contribution is -2.35. The second kappa shape index (κ2) is 14.6. The number of aldehydes is 1. The molecule has 3 N–H and O–H groups in total. The number of aromatic nitrogens is 1. The zero-order valence-electron chi connectivity index (χ0n) is 21.7. The van der Waals surface area contributed by atoms with Gasteiger partial charge < -0.3 is 25.3 Å². The second-order valence-electron chi connectivity index (χ2n) is 7.93. The molecule has 0 atom stereocenters. The number of hydrogen-bond acceptors (Lipinski definition) is 6. The van der Waals surface area contributed by atoms with E-state index >= 15 is 0 Å². The molecule has 2 aromatic rings. The van der Waals surface area contributed by atoms with E-state index in [0.717, 1.165) is 59.7 Å². The average Bonchev–Trinajstić information content (AvgIpc) is 3.27. The lowest BCUT2D eigenvalue weighted by molar-refractivity contribution is -0.110. The molecule has 3 rings (SSSR count). The summed E-state index contributed by atoms with van der Waals surface area (Å²) in [5, 5.41) is 8.17. The first-order valence-corrected chi connectivity index (χ1v) is 11.6. The number of carbonyl (C=O) groups excluding carboxylic acids is 3. The molecule has 0 bridgehead atoms. The topological polar surface area (TPSA) is 124 Å². The molecule has 1 aromatic heterocycles. The number of fused-ring (bicyclic) bond motifs is 1. The molecule has 0 saturated heterocycles. The van der Waals surface area contributed by atoms with Gasteiger partial charge in [-0.3, -0.25) is 9.59 Å². The first kappa shape index (κ1) is 29.4. The number of anilines is 1. The summed E-state index contributed by atoms with van der Waals surface area (Å²) < 4.78 is 0. The highest BCUT2D eigenvalue weighted by Crippen LogP contribution is 2.34. The Morgan fingerprint density at radius 1 is 1.17 bits per heavy atom. The molecule has 0 unspecified atom stereocenters. The standard InChI is InChI=1S/C23H30N4O2.C2H4O.CH3NO/c1-6-27(7-2)11-10-24-23(29)21-15(4)20(25-16(21)5)13-18-17-12-14(3)8-9-19(17)26-22(18)28;2*1-2-3/h8-9,12-13,25H,6-7,10-11H2,1-5H3,(H,24,29)(H,26,28);2H,1H3;1H3/b18-13-;;. The third-order valence-electron chi connectivity index (χ3n) is 5.56. The molecule has 2 amide bonds. The summed E-state index contributed by atoms with van der Waals surface area (Å²) in [6.45, 7) is 14.9. The minimum absolute atomic E-state index is 0.0832. The minimum Gasteiger partial charge on any atom is -0.358 e. The van der Waals surface area contributed by atoms with Gasteiger partial charge in [0.2, 0.25) is 0 Å². The molecular weight excluding hydrogens is 446 g/mol. The molecule has 1 aliphatic rings. The van der Waals surface area contributed by atoms with E-state index in [2.05, 4.69) is 39.5 Å². The summed E-state index contributed by atoms with van der Waals surface area (Å²) in [6, 6.07) is 5.91. The van der Waals surface area contributed by atoms with Crippen molar-refractivity contribution in [3.63, 3.8) is 0 Å². The van der Waals surface area contributed by atoms with Crippen LogP contribution in [0.4, 0.5) is 5.69 Å². The van der Waals surface area contributed by atoms with Crippen molar-refractivity contribution < 1.29 is 14.4 Å². The molecule has 1 aliphatic heterocycles. The van der Waals surface area contributed by atoms with Crippen molar-refractivity contribution in [1.29, 1.82) is 0 Å². The Balaban J connectivity index is 0.000000926. The fourth-order valence-electron chi connectivity index (χ4n) is 3.80. The number of rotatable bonds is 7. The third-order valence-corrected chi connectivity index (χ3v) is 5.56. The van der Waals surface area contributed by atoms with Crippen molar-refractivity contribution in [1.82, 2.24) is 15.2 Å². The molecular formula is C26H37N5O4. The molecule has 2 heterocycles. The van der Waals surface area contributed by atoms with E-state index in [0.29, 0.717) is 17.7 Å². The monoisotopic (exact) mass is 483 g/mol. The molecule has 0 saturated carbocycles. The number of aromatic amines is 1. The van der Waals surface area contributed by atoms with E-state index in [1.54, 1.807) is 0 Å². The van der Waals surface area contributed by atoms with Crippen LogP contribution < -0.4 is 10.6 Å². The van der Waals surface area contributed by atoms with Gasteiger partial charge in [0, 0.05) is 35.7 Å². The summed E-state index contributed by atoms with van der Waals surface area (Å²) in [5.41, 5.74) is 6.52. The number of benzene rings is 1. The maximum absolute atomic E-state index is 12.8. The summed E-state index contributed by atoms with van der Waals surface area (Å²) in [4.78, 5) is 48.1. The van der Waals surface area contributed by atoms with Crippen molar-refractivity contribution in [2.75, 3.05) is 38.5 Å². The smallest absolute Gasteiger partial charge is 0.256 e. The van der Waals surface area contributed by atoms with Crippen LogP contribution in [0.5, 0.6) is 0 Å². The number of nitrogens with one attached hydrogen (secondary N) is 3. The van der Waals surface area contributed by atoms with Crippen LogP contribution in [0.2, 0.25) is 0 Å². The molecule has 0 spiro atoms. The predicted molar refractivity (Wildman–Crippen MR) is 142 cm³/mol. The van der Waals surface area contributed by atoms with Crippen molar-refractivity contribution >= 4 is 35.4 Å². The molecule has 9 heteroatoms. The van der Waals surface area contributed by atoms with Gasteiger partial charge >= 0.3 is 0 Å². The van der Waals surface area contributed by atoms with Gasteiger partial charge in [-0.15, -0.1) is 0 Å². The van der Waals surface area contributed by atoms with Crippen LogP contribution in [0.1, 0.15) is 59.2 Å². The zero-order valence-corrected chi connectivity index (χ0v) is 21.7. The average molecular weight is 484 g/mol. The largest absolute Gasteiger partial charge is 0.358 e. The highest BCUT2D eigenvalue weighted by Gasteiger charge is 2.25. The van der Waals surface area contributed by atoms with E-state index in [1.165, 1.54) is 14.0 Å². The number of carbonyl (C=O) groups is 3. The van der Waals surface area contributed by atoms with Crippen LogP contribution in [-0.2, 0) is 9.59 Å². The molecule has 35 heavy (non-hydrogen) atoms.